The van der Waals surface area contributed by atoms with Gasteiger partial charge in [0.1, 0.15) is 5.82 Å². The molecule has 7 heteroatoms. The third kappa shape index (κ3) is 5.99. The lowest BCUT2D eigenvalue weighted by molar-refractivity contribution is 0.595. The SMILES string of the molecule is CCNCCCS(=O)(=O)Nc1ccc(Br)cn1. The van der Waals surface area contributed by atoms with Crippen LogP contribution in [0.25, 0.3) is 0 Å². The summed E-state index contributed by atoms with van der Waals surface area (Å²) in [6, 6.07) is 3.36. The van der Waals surface area contributed by atoms with Crippen molar-refractivity contribution < 1.29 is 8.42 Å². The Balaban J connectivity index is 2.46. The first kappa shape index (κ1) is 14.4. The van der Waals surface area contributed by atoms with E-state index < -0.39 is 10.0 Å². The largest absolute Gasteiger partial charge is 0.317 e. The molecule has 5 nitrogen and oxygen atoms in total. The molecule has 1 heterocycles. The van der Waals surface area contributed by atoms with Crippen molar-refractivity contribution in [3.8, 4) is 0 Å². The van der Waals surface area contributed by atoms with E-state index in [0.29, 0.717) is 18.8 Å². The molecule has 0 aliphatic carbocycles. The molecule has 17 heavy (non-hydrogen) atoms. The minimum absolute atomic E-state index is 0.0950. The number of hydrogen-bond acceptors (Lipinski definition) is 4. The fraction of sp³-hybridized carbons (Fsp3) is 0.500. The van der Waals surface area contributed by atoms with Crippen LogP contribution in [0.15, 0.2) is 22.8 Å². The van der Waals surface area contributed by atoms with Crippen LogP contribution in [-0.2, 0) is 10.0 Å². The number of hydrogen-bond donors (Lipinski definition) is 2. The van der Waals surface area contributed by atoms with Crippen LogP contribution in [0.2, 0.25) is 0 Å². The number of halogens is 1. The summed E-state index contributed by atoms with van der Waals surface area (Å²) in [5, 5.41) is 3.08. The summed E-state index contributed by atoms with van der Waals surface area (Å²) in [5.41, 5.74) is 0. The van der Waals surface area contributed by atoms with Gasteiger partial charge in [-0.05, 0) is 47.6 Å². The number of sulfonamides is 1. The lowest BCUT2D eigenvalue weighted by Gasteiger charge is -2.07. The highest BCUT2D eigenvalue weighted by Gasteiger charge is 2.10. The number of rotatable bonds is 7. The van der Waals surface area contributed by atoms with E-state index in [9.17, 15) is 8.42 Å². The maximum absolute atomic E-state index is 11.7. The van der Waals surface area contributed by atoms with Crippen LogP contribution < -0.4 is 10.0 Å². The average molecular weight is 322 g/mol. The summed E-state index contributed by atoms with van der Waals surface area (Å²) in [5.74, 6) is 0.439. The van der Waals surface area contributed by atoms with Crippen LogP contribution >= 0.6 is 15.9 Å². The molecule has 0 aliphatic heterocycles. The van der Waals surface area contributed by atoms with Gasteiger partial charge in [0.25, 0.3) is 0 Å². The van der Waals surface area contributed by atoms with Crippen molar-refractivity contribution in [1.29, 1.82) is 0 Å². The Morgan fingerprint density at radius 2 is 2.18 bits per heavy atom. The fourth-order valence-electron chi connectivity index (χ4n) is 1.21. The number of nitrogens with zero attached hydrogens (tertiary/aromatic N) is 1. The number of aromatic nitrogens is 1. The van der Waals surface area contributed by atoms with Crippen molar-refractivity contribution in [3.63, 3.8) is 0 Å². The Kier molecular flexibility index (Phi) is 5.87. The van der Waals surface area contributed by atoms with Gasteiger partial charge in [-0.3, -0.25) is 4.72 Å². The van der Waals surface area contributed by atoms with Gasteiger partial charge >= 0.3 is 0 Å². The van der Waals surface area contributed by atoms with E-state index in [2.05, 4.69) is 31.0 Å². The summed E-state index contributed by atoms with van der Waals surface area (Å²) < 4.78 is 26.6. The molecule has 0 fully saturated rings. The number of anilines is 1. The lowest BCUT2D eigenvalue weighted by Crippen LogP contribution is -2.22. The Morgan fingerprint density at radius 1 is 1.41 bits per heavy atom. The van der Waals surface area contributed by atoms with Gasteiger partial charge < -0.3 is 5.32 Å². The van der Waals surface area contributed by atoms with Crippen molar-refractivity contribution in [2.24, 2.45) is 0 Å². The Labute approximate surface area is 110 Å². The molecule has 0 saturated heterocycles. The van der Waals surface area contributed by atoms with Gasteiger partial charge in [0, 0.05) is 10.7 Å². The normalized spacial score (nSPS) is 11.4. The predicted molar refractivity (Wildman–Crippen MR) is 72.5 cm³/mol. The first-order valence-corrected chi connectivity index (χ1v) is 7.81. The van der Waals surface area contributed by atoms with Gasteiger partial charge in [0.15, 0.2) is 0 Å². The van der Waals surface area contributed by atoms with Crippen LogP contribution in [0.1, 0.15) is 13.3 Å². The highest BCUT2D eigenvalue weighted by Crippen LogP contribution is 2.11. The zero-order chi connectivity index (χ0) is 12.7. The molecule has 0 bridgehead atoms. The minimum Gasteiger partial charge on any atom is -0.317 e. The summed E-state index contributed by atoms with van der Waals surface area (Å²) in [6.07, 6.45) is 2.14. The molecule has 1 aromatic rings. The monoisotopic (exact) mass is 321 g/mol. The molecule has 96 valence electrons. The topological polar surface area (TPSA) is 71.1 Å². The van der Waals surface area contributed by atoms with Crippen molar-refractivity contribution in [3.05, 3.63) is 22.8 Å². The first-order valence-electron chi connectivity index (χ1n) is 5.36. The van der Waals surface area contributed by atoms with Crippen LogP contribution in [0, 0.1) is 0 Å². The highest BCUT2D eigenvalue weighted by molar-refractivity contribution is 9.10. The lowest BCUT2D eigenvalue weighted by atomic mass is 10.5. The van der Waals surface area contributed by atoms with Crippen LogP contribution in [0.5, 0.6) is 0 Å². The number of pyridine rings is 1. The van der Waals surface area contributed by atoms with Crippen LogP contribution in [-0.4, -0.2) is 32.2 Å². The van der Waals surface area contributed by atoms with Crippen molar-refractivity contribution in [2.45, 2.75) is 13.3 Å². The molecular weight excluding hydrogens is 306 g/mol. The second kappa shape index (κ2) is 6.93. The zero-order valence-electron chi connectivity index (χ0n) is 9.61. The summed E-state index contributed by atoms with van der Waals surface area (Å²) in [6.45, 7) is 3.53. The molecule has 0 saturated carbocycles. The quantitative estimate of drug-likeness (QED) is 0.748. The van der Waals surface area contributed by atoms with E-state index in [1.807, 2.05) is 6.92 Å². The van der Waals surface area contributed by atoms with Crippen LogP contribution in [0.4, 0.5) is 5.82 Å². The molecule has 0 aromatic carbocycles. The van der Waals surface area contributed by atoms with E-state index in [1.54, 1.807) is 18.3 Å². The maximum atomic E-state index is 11.7. The van der Waals surface area contributed by atoms with Gasteiger partial charge in [-0.15, -0.1) is 0 Å². The first-order chi connectivity index (χ1) is 8.03. The molecule has 2 N–H and O–H groups in total. The van der Waals surface area contributed by atoms with Gasteiger partial charge in [-0.2, -0.15) is 0 Å². The maximum Gasteiger partial charge on any atom is 0.233 e. The standard InChI is InChI=1S/C10H16BrN3O2S/c1-2-12-6-3-7-17(15,16)14-10-5-4-9(11)8-13-10/h4-5,8,12H,2-3,6-7H2,1H3,(H,13,14). The van der Waals surface area contributed by atoms with Crippen molar-refractivity contribution >= 4 is 31.8 Å². The summed E-state index contributed by atoms with van der Waals surface area (Å²) in [4.78, 5) is 3.96. The van der Waals surface area contributed by atoms with E-state index in [4.69, 9.17) is 0 Å². The summed E-state index contributed by atoms with van der Waals surface area (Å²) in [7, 11) is -3.30. The molecule has 0 aliphatic rings. The Bertz CT molecular complexity index is 433. The zero-order valence-corrected chi connectivity index (χ0v) is 12.0. The molecule has 0 spiro atoms. The Hall–Kier alpha value is -0.660. The minimum atomic E-state index is -3.30. The molecule has 1 rings (SSSR count). The van der Waals surface area contributed by atoms with Gasteiger partial charge in [0.2, 0.25) is 10.0 Å². The third-order valence-corrected chi connectivity index (χ3v) is 3.82. The molecule has 0 atom stereocenters. The van der Waals surface area contributed by atoms with Gasteiger partial charge in [-0.1, -0.05) is 6.92 Å². The predicted octanol–water partition coefficient (Wildman–Crippen LogP) is 1.59. The van der Waals surface area contributed by atoms with E-state index >= 15 is 0 Å². The van der Waals surface area contributed by atoms with Crippen molar-refractivity contribution in [1.82, 2.24) is 10.3 Å². The molecule has 0 amide bonds. The smallest absolute Gasteiger partial charge is 0.233 e. The average Bonchev–Trinajstić information content (AvgIpc) is 2.27. The van der Waals surface area contributed by atoms with Crippen LogP contribution in [0.3, 0.4) is 0 Å². The number of nitrogens with one attached hydrogen (secondary N) is 2. The third-order valence-electron chi connectivity index (χ3n) is 2.00. The van der Waals surface area contributed by atoms with E-state index in [-0.39, 0.29) is 5.75 Å². The molecular formula is C10H16BrN3O2S. The molecule has 1 aromatic heterocycles. The van der Waals surface area contributed by atoms with Crippen molar-refractivity contribution in [2.75, 3.05) is 23.6 Å². The summed E-state index contributed by atoms with van der Waals surface area (Å²) >= 11 is 3.24. The highest BCUT2D eigenvalue weighted by atomic mass is 79.9. The second-order valence-electron chi connectivity index (χ2n) is 3.49. The molecule has 0 unspecified atom stereocenters. The van der Waals surface area contributed by atoms with Gasteiger partial charge in [0.05, 0.1) is 5.75 Å². The molecule has 0 radical (unpaired) electrons. The second-order valence-corrected chi connectivity index (χ2v) is 6.25. The van der Waals surface area contributed by atoms with Gasteiger partial charge in [-0.25, -0.2) is 13.4 Å². The van der Waals surface area contributed by atoms with E-state index in [1.165, 1.54) is 0 Å². The fourth-order valence-corrected chi connectivity index (χ4v) is 2.51. The van der Waals surface area contributed by atoms with E-state index in [0.717, 1.165) is 11.0 Å². The Morgan fingerprint density at radius 3 is 2.76 bits per heavy atom.